The second kappa shape index (κ2) is 39.4. The number of hydrogen-bond acceptors (Lipinski definition) is 23. The third-order valence-electron chi connectivity index (χ3n) is 18.7. The average molecular weight is 1380 g/mol. The van der Waals surface area contributed by atoms with E-state index in [-0.39, 0.29) is 74.2 Å². The number of carbonyl (C=O) groups excluding carboxylic acids is 9. The van der Waals surface area contributed by atoms with Crippen molar-refractivity contribution in [3.63, 3.8) is 0 Å². The lowest BCUT2D eigenvalue weighted by Gasteiger charge is -2.42. The quantitative estimate of drug-likeness (QED) is 0.0311. The van der Waals surface area contributed by atoms with Crippen LogP contribution in [0.1, 0.15) is 145 Å². The summed E-state index contributed by atoms with van der Waals surface area (Å²) in [6.45, 7) is 11.3. The van der Waals surface area contributed by atoms with Crippen LogP contribution in [0.5, 0.6) is 0 Å². The molecule has 1 saturated carbocycles. The number of amides is 3. The van der Waals surface area contributed by atoms with E-state index in [1.54, 1.807) is 47.8 Å². The molecule has 540 valence electrons. The number of carboxylic acids is 2. The van der Waals surface area contributed by atoms with E-state index in [1.165, 1.54) is 21.1 Å². The van der Waals surface area contributed by atoms with Crippen molar-refractivity contribution in [2.24, 2.45) is 46.7 Å². The van der Waals surface area contributed by atoms with Crippen molar-refractivity contribution in [3.8, 4) is 0 Å². The second-order valence-corrected chi connectivity index (χ2v) is 27.6. The number of methoxy groups -OCH3 is 3. The molecule has 4 aliphatic rings. The zero-order valence-electron chi connectivity index (χ0n) is 57.4. The van der Waals surface area contributed by atoms with Gasteiger partial charge in [0.2, 0.25) is 17.6 Å². The number of nitrogens with one attached hydrogen (secondary N) is 2. The Morgan fingerprint density at radius 3 is 2.24 bits per heavy atom. The van der Waals surface area contributed by atoms with Crippen molar-refractivity contribution in [2.75, 3.05) is 59.1 Å². The van der Waals surface area contributed by atoms with E-state index >= 15 is 0 Å². The molecule has 28 heteroatoms. The van der Waals surface area contributed by atoms with E-state index in [0.717, 1.165) is 22.2 Å². The van der Waals surface area contributed by atoms with Crippen molar-refractivity contribution in [1.82, 2.24) is 15.5 Å². The SMILES string of the molecule is CO[C@H]1C[C@@H]2CC[C@@H](C)[C@@](O)(O2)C(=O)C(=O)N2CCCC[C@H]2C(=O)OC([C@H](C)C[C@@H]2CC[C@@H](OC(=O)C(C)(CO)COC(=O)CSC[C@H](NC(=O)CC[C@H](N)C(=O)O)C(=O)NCC(=O)O)[C@H](OC)C2)CC(=O)[C@H](C)/C=C(\C)[C@@H](O)[C@@H](OC)C(=O)[C@H](C)C[C@@H](C)\C=C/C=C/C=C/1C. The number of piperidine rings is 1. The molecule has 0 aromatic rings. The van der Waals surface area contributed by atoms with Gasteiger partial charge >= 0.3 is 29.8 Å². The first kappa shape index (κ1) is 82.2. The summed E-state index contributed by atoms with van der Waals surface area (Å²) in [5.74, 6) is -16.3. The van der Waals surface area contributed by atoms with Crippen molar-refractivity contribution in [2.45, 2.75) is 212 Å². The van der Waals surface area contributed by atoms with Gasteiger partial charge in [-0.05, 0) is 120 Å². The molecule has 2 unspecified atom stereocenters. The Balaban J connectivity index is 1.55. The number of carboxylic acid groups (broad SMARTS) is 2. The largest absolute Gasteiger partial charge is 0.480 e. The summed E-state index contributed by atoms with van der Waals surface area (Å²) < 4.78 is 41.2. The monoisotopic (exact) mass is 1380 g/mol. The van der Waals surface area contributed by atoms with Gasteiger partial charge < -0.3 is 80.0 Å². The van der Waals surface area contributed by atoms with Gasteiger partial charge in [0.15, 0.2) is 5.78 Å². The number of rotatable bonds is 23. The van der Waals surface area contributed by atoms with Crippen LogP contribution in [0, 0.1) is 40.9 Å². The lowest BCUT2D eigenvalue weighted by molar-refractivity contribution is -0.265. The molecule has 0 aromatic carbocycles. The highest BCUT2D eigenvalue weighted by atomic mass is 32.2. The van der Waals surface area contributed by atoms with Crippen LogP contribution in [0.25, 0.3) is 0 Å². The van der Waals surface area contributed by atoms with E-state index in [1.807, 2.05) is 44.2 Å². The van der Waals surface area contributed by atoms with Crippen LogP contribution >= 0.6 is 11.8 Å². The molecule has 18 atom stereocenters. The molecule has 1 aliphatic carbocycles. The van der Waals surface area contributed by atoms with Crippen molar-refractivity contribution in [1.29, 1.82) is 0 Å². The zero-order valence-corrected chi connectivity index (χ0v) is 58.2. The van der Waals surface area contributed by atoms with Gasteiger partial charge in [-0.25, -0.2) is 4.79 Å². The number of ether oxygens (including phenoxy) is 7. The molecule has 0 radical (unpaired) electrons. The number of Topliss-reactive ketones (excluding diaryl/α,β-unsaturated/α-hetero) is 3. The first-order valence-electron chi connectivity index (χ1n) is 33.1. The van der Waals surface area contributed by atoms with Crippen LogP contribution in [0.4, 0.5) is 0 Å². The van der Waals surface area contributed by atoms with Gasteiger partial charge in [0.1, 0.15) is 66.9 Å². The Labute approximate surface area is 566 Å². The molecule has 3 heterocycles. The lowest BCUT2D eigenvalue weighted by Crippen LogP contribution is -2.61. The number of aliphatic carboxylic acids is 2. The summed E-state index contributed by atoms with van der Waals surface area (Å²) in [4.78, 5) is 148. The molecule has 3 fully saturated rings. The standard InChI is InChI=1S/C68H104N4O23S/c1-38-17-13-12-14-18-39(2)52(89-9)31-46-22-20-44(7)68(88,95-46)61(81)63(83)72-26-16-15-19-49(72)65(86)93-53(32-50(74)40(3)28-43(6)59(80)60(91-11)58(79)42(5)27-38)41(4)29-45-21-24-51(54(30-45)90-10)94-66(87)67(8,36-73)37-92-57(78)35-96-34-48(62(82)70-33-56(76)77)71-55(75)25-23-47(69)64(84)85/h12-14,17-18,28,38,40-42,44-49,51-54,59-60,73,80,88H,15-16,19-27,29-37,69H2,1-11H3,(H,70,82)(H,71,75)(H,76,77)(H,84,85)/b14-12+,17-13-,39-18+,43-28+/t38-,40+,41+,42+,44+,45-,46-,47-,48-,49-,51+,52-,53?,54+,59+,60-,67?,68+/m0/s1. The van der Waals surface area contributed by atoms with Crippen molar-refractivity contribution in [3.05, 3.63) is 47.6 Å². The molecule has 2 saturated heterocycles. The van der Waals surface area contributed by atoms with Gasteiger partial charge in [-0.15, -0.1) is 11.8 Å². The first-order chi connectivity index (χ1) is 45.2. The summed E-state index contributed by atoms with van der Waals surface area (Å²) in [7, 11) is 4.30. The maximum atomic E-state index is 14.7. The fraction of sp³-hybridized carbons (Fsp3) is 0.721. The van der Waals surface area contributed by atoms with Gasteiger partial charge in [0.25, 0.3) is 11.7 Å². The number of aliphatic hydroxyl groups excluding tert-OH is 2. The minimum absolute atomic E-state index is 0.0137. The molecule has 2 bridgehead atoms. The van der Waals surface area contributed by atoms with Crippen LogP contribution in [0.15, 0.2) is 47.6 Å². The Bertz CT molecular complexity index is 2830. The highest BCUT2D eigenvalue weighted by Gasteiger charge is 2.53. The second-order valence-electron chi connectivity index (χ2n) is 26.6. The lowest BCUT2D eigenvalue weighted by atomic mass is 9.78. The van der Waals surface area contributed by atoms with E-state index in [0.29, 0.717) is 56.9 Å². The van der Waals surface area contributed by atoms with E-state index < -0.39 is 175 Å². The minimum atomic E-state index is -2.53. The number of nitrogens with zero attached hydrogens (tertiary/aromatic N) is 1. The Hall–Kier alpha value is -6.24. The molecular weight excluding hydrogens is 1270 g/mol. The highest BCUT2D eigenvalue weighted by molar-refractivity contribution is 8.00. The summed E-state index contributed by atoms with van der Waals surface area (Å²) in [5, 5.41) is 56.8. The molecule has 0 spiro atoms. The van der Waals surface area contributed by atoms with Crippen LogP contribution < -0.4 is 16.4 Å². The number of carbonyl (C=O) groups is 11. The molecular formula is C68H104N4O23S. The third-order valence-corrected chi connectivity index (χ3v) is 19.7. The molecule has 4 rings (SSSR count). The predicted molar refractivity (Wildman–Crippen MR) is 350 cm³/mol. The van der Waals surface area contributed by atoms with Crippen molar-refractivity contribution >= 4 is 76.7 Å². The molecule has 0 aromatic heterocycles. The normalized spacial score (nSPS) is 32.2. The van der Waals surface area contributed by atoms with Gasteiger partial charge in [-0.1, -0.05) is 71.1 Å². The zero-order chi connectivity index (χ0) is 71.8. The van der Waals surface area contributed by atoms with Crippen LogP contribution in [-0.4, -0.2) is 221 Å². The molecule has 96 heavy (non-hydrogen) atoms. The molecule has 3 amide bonds. The minimum Gasteiger partial charge on any atom is -0.480 e. The smallest absolute Gasteiger partial charge is 0.329 e. The molecule has 27 nitrogen and oxygen atoms in total. The number of ketones is 3. The van der Waals surface area contributed by atoms with Crippen LogP contribution in [0.3, 0.4) is 0 Å². The summed E-state index contributed by atoms with van der Waals surface area (Å²) >= 11 is 0.818. The van der Waals surface area contributed by atoms with E-state index in [4.69, 9.17) is 49.1 Å². The van der Waals surface area contributed by atoms with Gasteiger partial charge in [0, 0.05) is 70.6 Å². The topological polar surface area (TPSA) is 407 Å². The van der Waals surface area contributed by atoms with Crippen molar-refractivity contribution < 1.29 is 111 Å². The fourth-order valence-corrected chi connectivity index (χ4v) is 13.2. The summed E-state index contributed by atoms with van der Waals surface area (Å²) in [5.41, 5.74) is 4.82. The van der Waals surface area contributed by atoms with E-state index in [9.17, 15) is 68.1 Å². The van der Waals surface area contributed by atoms with E-state index in [2.05, 4.69) is 10.6 Å². The number of fused-ring (bicyclic) bond motifs is 3. The van der Waals surface area contributed by atoms with Gasteiger partial charge in [-0.2, -0.15) is 0 Å². The number of aliphatic hydroxyl groups is 3. The number of allylic oxidation sites excluding steroid dienone is 6. The number of thioether (sulfide) groups is 1. The van der Waals surface area contributed by atoms with Crippen LogP contribution in [-0.2, 0) is 85.9 Å². The average Bonchev–Trinajstić information content (AvgIpc) is 0.775. The highest BCUT2D eigenvalue weighted by Crippen LogP contribution is 2.39. The van der Waals surface area contributed by atoms with Gasteiger partial charge in [0.05, 0.1) is 30.7 Å². The fourth-order valence-electron chi connectivity index (χ4n) is 12.4. The Morgan fingerprint density at radius 2 is 1.59 bits per heavy atom. The number of hydrogen-bond donors (Lipinski definition) is 8. The summed E-state index contributed by atoms with van der Waals surface area (Å²) in [6, 6.07) is -3.99. The maximum Gasteiger partial charge on any atom is 0.329 e. The van der Waals surface area contributed by atoms with Gasteiger partial charge in [-0.3, -0.25) is 47.9 Å². The van der Waals surface area contributed by atoms with Crippen LogP contribution in [0.2, 0.25) is 0 Å². The predicted octanol–water partition coefficient (Wildman–Crippen LogP) is 3.88. The Morgan fingerprint density at radius 1 is 0.885 bits per heavy atom. The third kappa shape index (κ3) is 24.3. The first-order valence-corrected chi connectivity index (χ1v) is 34.2. The molecule has 9 N–H and O–H groups in total. The number of esters is 3. The Kier molecular flexibility index (Phi) is 33.7. The number of cyclic esters (lactones) is 1. The summed E-state index contributed by atoms with van der Waals surface area (Å²) in [6.07, 6.45) is 7.29. The number of nitrogens with two attached hydrogens (primary N) is 1. The molecule has 3 aliphatic heterocycles. The maximum absolute atomic E-state index is 14.7.